The Morgan fingerprint density at radius 3 is 2.71 bits per heavy atom. The molecule has 0 saturated carbocycles. The quantitative estimate of drug-likeness (QED) is 0.873. The third-order valence-electron chi connectivity index (χ3n) is 2.34. The van der Waals surface area contributed by atoms with E-state index in [2.05, 4.69) is 5.32 Å². The molecule has 1 N–H and O–H groups in total. The zero-order chi connectivity index (χ0) is 15.9. The predicted octanol–water partition coefficient (Wildman–Crippen LogP) is 3.46. The van der Waals surface area contributed by atoms with Gasteiger partial charge in [-0.2, -0.15) is 11.8 Å². The molecule has 0 aromatic heterocycles. The Kier molecular flexibility index (Phi) is 6.81. The molecule has 1 amide bonds. The van der Waals surface area contributed by atoms with Crippen molar-refractivity contribution in [1.82, 2.24) is 5.32 Å². The average molecular weight is 315 g/mol. The van der Waals surface area contributed by atoms with E-state index in [4.69, 9.17) is 9.47 Å². The van der Waals surface area contributed by atoms with Crippen LogP contribution in [0.3, 0.4) is 0 Å². The molecule has 6 heteroatoms. The molecule has 118 valence electrons. The summed E-state index contributed by atoms with van der Waals surface area (Å²) >= 11 is 1.58. The summed E-state index contributed by atoms with van der Waals surface area (Å²) < 4.78 is 23.8. The van der Waals surface area contributed by atoms with Crippen LogP contribution in [0.25, 0.3) is 0 Å². The number of benzene rings is 1. The molecule has 0 bridgehead atoms. The first kappa shape index (κ1) is 17.6. The van der Waals surface area contributed by atoms with Crippen molar-refractivity contribution in [2.75, 3.05) is 18.6 Å². The first-order valence-corrected chi connectivity index (χ1v) is 8.06. The molecule has 0 aliphatic carbocycles. The van der Waals surface area contributed by atoms with Crippen molar-refractivity contribution < 1.29 is 18.7 Å². The minimum atomic E-state index is -0.544. The van der Waals surface area contributed by atoms with Crippen LogP contribution < -0.4 is 10.1 Å². The molecule has 0 unspecified atom stereocenters. The summed E-state index contributed by atoms with van der Waals surface area (Å²) in [6.45, 7) is 5.67. The van der Waals surface area contributed by atoms with Gasteiger partial charge in [-0.25, -0.2) is 9.18 Å². The van der Waals surface area contributed by atoms with Gasteiger partial charge in [-0.1, -0.05) is 6.07 Å². The van der Waals surface area contributed by atoms with Crippen molar-refractivity contribution in [3.8, 4) is 5.75 Å². The van der Waals surface area contributed by atoms with E-state index in [1.165, 1.54) is 12.1 Å². The topological polar surface area (TPSA) is 47.6 Å². The van der Waals surface area contributed by atoms with Crippen LogP contribution in [0.4, 0.5) is 9.18 Å². The molecule has 1 rings (SSSR count). The SMILES string of the molecule is CSC[C@@H](COc1cccc(F)c1)NC(=O)OC(C)(C)C. The number of halogens is 1. The lowest BCUT2D eigenvalue weighted by molar-refractivity contribution is 0.0495. The molecule has 1 aromatic rings. The second-order valence-electron chi connectivity index (χ2n) is 5.57. The van der Waals surface area contributed by atoms with E-state index in [0.29, 0.717) is 11.5 Å². The van der Waals surface area contributed by atoms with Gasteiger partial charge in [0.15, 0.2) is 0 Å². The van der Waals surface area contributed by atoms with Gasteiger partial charge in [0.1, 0.15) is 23.8 Å². The van der Waals surface area contributed by atoms with Crippen molar-refractivity contribution in [2.24, 2.45) is 0 Å². The number of hydrogen-bond donors (Lipinski definition) is 1. The average Bonchev–Trinajstić information content (AvgIpc) is 2.34. The lowest BCUT2D eigenvalue weighted by Crippen LogP contribution is -2.43. The minimum Gasteiger partial charge on any atom is -0.491 e. The normalized spacial score (nSPS) is 12.6. The predicted molar refractivity (Wildman–Crippen MR) is 83.4 cm³/mol. The Balaban J connectivity index is 2.51. The summed E-state index contributed by atoms with van der Waals surface area (Å²) in [5.74, 6) is 0.760. The fourth-order valence-corrected chi connectivity index (χ4v) is 2.14. The number of carbonyl (C=O) groups is 1. The number of alkyl carbamates (subject to hydrolysis) is 1. The van der Waals surface area contributed by atoms with Gasteiger partial charge in [0.25, 0.3) is 0 Å². The maximum Gasteiger partial charge on any atom is 0.408 e. The van der Waals surface area contributed by atoms with Crippen LogP contribution in [0.1, 0.15) is 20.8 Å². The van der Waals surface area contributed by atoms with Gasteiger partial charge in [0.05, 0.1) is 6.04 Å². The number of ether oxygens (including phenoxy) is 2. The summed E-state index contributed by atoms with van der Waals surface area (Å²) in [5, 5.41) is 2.76. The standard InChI is InChI=1S/C15H22FNO3S/c1-15(2,3)20-14(18)17-12(10-21-4)9-19-13-7-5-6-11(16)8-13/h5-8,12H,9-10H2,1-4H3,(H,17,18)/t12-/m1/s1. The molecule has 1 atom stereocenters. The number of carbonyl (C=O) groups excluding carboxylic acids is 1. The second kappa shape index (κ2) is 8.12. The van der Waals surface area contributed by atoms with Crippen LogP contribution >= 0.6 is 11.8 Å². The van der Waals surface area contributed by atoms with E-state index >= 15 is 0 Å². The van der Waals surface area contributed by atoms with Crippen molar-refractivity contribution in [1.29, 1.82) is 0 Å². The van der Waals surface area contributed by atoms with Gasteiger partial charge in [0.2, 0.25) is 0 Å². The van der Waals surface area contributed by atoms with Crippen molar-refractivity contribution in [3.05, 3.63) is 30.1 Å². The van der Waals surface area contributed by atoms with E-state index in [-0.39, 0.29) is 18.5 Å². The Hall–Kier alpha value is -1.43. The molecule has 4 nitrogen and oxygen atoms in total. The zero-order valence-electron chi connectivity index (χ0n) is 12.8. The number of rotatable bonds is 6. The summed E-state index contributed by atoms with van der Waals surface area (Å²) in [5.41, 5.74) is -0.544. The molecule has 0 aliphatic heterocycles. The molecule has 0 heterocycles. The van der Waals surface area contributed by atoms with Gasteiger partial charge in [-0.15, -0.1) is 0 Å². The minimum absolute atomic E-state index is 0.210. The second-order valence-corrected chi connectivity index (χ2v) is 6.48. The number of thioether (sulfide) groups is 1. The Bertz CT molecular complexity index is 462. The highest BCUT2D eigenvalue weighted by molar-refractivity contribution is 7.98. The van der Waals surface area contributed by atoms with E-state index in [0.717, 1.165) is 0 Å². The molecule has 0 saturated heterocycles. The monoisotopic (exact) mass is 315 g/mol. The Labute approximate surface area is 129 Å². The highest BCUT2D eigenvalue weighted by atomic mass is 32.2. The maximum absolute atomic E-state index is 13.1. The van der Waals surface area contributed by atoms with Crippen molar-refractivity contribution >= 4 is 17.9 Å². The molecule has 21 heavy (non-hydrogen) atoms. The first-order chi connectivity index (χ1) is 9.80. The van der Waals surface area contributed by atoms with Gasteiger partial charge in [-0.3, -0.25) is 0 Å². The number of nitrogens with one attached hydrogen (secondary N) is 1. The Morgan fingerprint density at radius 2 is 2.14 bits per heavy atom. The molecule has 0 radical (unpaired) electrons. The van der Waals surface area contributed by atoms with Crippen LogP contribution in [-0.4, -0.2) is 36.4 Å². The fourth-order valence-electron chi connectivity index (χ4n) is 1.56. The summed E-state index contributed by atoms with van der Waals surface area (Å²) in [7, 11) is 0. The van der Waals surface area contributed by atoms with Crippen molar-refractivity contribution in [3.63, 3.8) is 0 Å². The lowest BCUT2D eigenvalue weighted by Gasteiger charge is -2.23. The van der Waals surface area contributed by atoms with Crippen LogP contribution in [-0.2, 0) is 4.74 Å². The summed E-state index contributed by atoms with van der Waals surface area (Å²) in [4.78, 5) is 11.8. The molecule has 0 fully saturated rings. The maximum atomic E-state index is 13.1. The molecule has 0 spiro atoms. The number of hydrogen-bond acceptors (Lipinski definition) is 4. The van der Waals surface area contributed by atoms with Gasteiger partial charge in [-0.05, 0) is 39.2 Å². The zero-order valence-corrected chi connectivity index (χ0v) is 13.6. The summed E-state index contributed by atoms with van der Waals surface area (Å²) in [6.07, 6.45) is 1.45. The smallest absolute Gasteiger partial charge is 0.408 e. The Morgan fingerprint density at radius 1 is 1.43 bits per heavy atom. The van der Waals surface area contributed by atoms with Crippen LogP contribution in [0, 0.1) is 5.82 Å². The van der Waals surface area contributed by atoms with Crippen LogP contribution in [0.2, 0.25) is 0 Å². The summed E-state index contributed by atoms with van der Waals surface area (Å²) in [6, 6.07) is 5.70. The van der Waals surface area contributed by atoms with Crippen LogP contribution in [0.15, 0.2) is 24.3 Å². The van der Waals surface area contributed by atoms with Gasteiger partial charge in [0, 0.05) is 11.8 Å². The van der Waals surface area contributed by atoms with Gasteiger partial charge < -0.3 is 14.8 Å². The van der Waals surface area contributed by atoms with E-state index in [1.54, 1.807) is 44.7 Å². The highest BCUT2D eigenvalue weighted by Crippen LogP contribution is 2.13. The molecular formula is C15H22FNO3S. The van der Waals surface area contributed by atoms with E-state index < -0.39 is 11.7 Å². The molecular weight excluding hydrogens is 293 g/mol. The number of amides is 1. The largest absolute Gasteiger partial charge is 0.491 e. The van der Waals surface area contributed by atoms with Crippen LogP contribution in [0.5, 0.6) is 5.75 Å². The van der Waals surface area contributed by atoms with Gasteiger partial charge >= 0.3 is 6.09 Å². The fraction of sp³-hybridized carbons (Fsp3) is 0.533. The van der Waals surface area contributed by atoms with Crippen molar-refractivity contribution in [2.45, 2.75) is 32.4 Å². The third kappa shape index (κ3) is 7.80. The van der Waals surface area contributed by atoms with E-state index in [9.17, 15) is 9.18 Å². The highest BCUT2D eigenvalue weighted by Gasteiger charge is 2.19. The molecule has 0 aliphatic rings. The first-order valence-electron chi connectivity index (χ1n) is 6.67. The lowest BCUT2D eigenvalue weighted by atomic mass is 10.2. The third-order valence-corrected chi connectivity index (χ3v) is 3.07. The molecule has 1 aromatic carbocycles. The van der Waals surface area contributed by atoms with E-state index in [1.807, 2.05) is 6.26 Å².